The van der Waals surface area contributed by atoms with Gasteiger partial charge in [0.05, 0.1) is 6.54 Å². The van der Waals surface area contributed by atoms with Crippen LogP contribution in [0.2, 0.25) is 0 Å². The van der Waals surface area contributed by atoms with Crippen molar-refractivity contribution in [2.75, 3.05) is 6.54 Å². The largest absolute Gasteiger partial charge is 0.352 e. The summed E-state index contributed by atoms with van der Waals surface area (Å²) in [6.45, 7) is 4.55. The molecule has 92 valence electrons. The van der Waals surface area contributed by atoms with E-state index in [1.165, 1.54) is 11.1 Å². The first-order valence-corrected chi connectivity index (χ1v) is 6.24. The number of benzene rings is 1. The molecule has 1 amide bonds. The van der Waals surface area contributed by atoms with Crippen LogP contribution in [0.5, 0.6) is 0 Å². The summed E-state index contributed by atoms with van der Waals surface area (Å²) in [5.74, 6) is 0.103. The smallest absolute Gasteiger partial charge is 0.234 e. The van der Waals surface area contributed by atoms with Crippen molar-refractivity contribution >= 4 is 5.91 Å². The SMILES string of the molecule is Cc1ccc([C@H](C)NCC(=O)NC2CC2)cc1. The van der Waals surface area contributed by atoms with E-state index >= 15 is 0 Å². The standard InChI is InChI=1S/C14H20N2O/c1-10-3-5-12(6-4-10)11(2)15-9-14(17)16-13-7-8-13/h3-6,11,13,15H,7-9H2,1-2H3,(H,16,17)/t11-/m0/s1. The Labute approximate surface area is 103 Å². The van der Waals surface area contributed by atoms with Crippen LogP contribution in [-0.4, -0.2) is 18.5 Å². The molecule has 0 spiro atoms. The van der Waals surface area contributed by atoms with Gasteiger partial charge in [0.1, 0.15) is 0 Å². The van der Waals surface area contributed by atoms with Gasteiger partial charge in [-0.2, -0.15) is 0 Å². The molecule has 3 heteroatoms. The number of hydrogen-bond acceptors (Lipinski definition) is 2. The predicted octanol–water partition coefficient (Wildman–Crippen LogP) is 1.92. The minimum atomic E-state index is 0.103. The molecule has 0 radical (unpaired) electrons. The van der Waals surface area contributed by atoms with Crippen LogP contribution in [0.25, 0.3) is 0 Å². The Morgan fingerprint density at radius 3 is 2.59 bits per heavy atom. The van der Waals surface area contributed by atoms with Crippen LogP contribution < -0.4 is 10.6 Å². The summed E-state index contributed by atoms with van der Waals surface area (Å²) in [6, 6.07) is 9.05. The molecular weight excluding hydrogens is 212 g/mol. The van der Waals surface area contributed by atoms with Gasteiger partial charge in [-0.3, -0.25) is 4.79 Å². The maximum absolute atomic E-state index is 11.5. The third kappa shape index (κ3) is 3.86. The summed E-state index contributed by atoms with van der Waals surface area (Å²) in [5, 5.41) is 6.21. The maximum Gasteiger partial charge on any atom is 0.234 e. The highest BCUT2D eigenvalue weighted by Gasteiger charge is 2.23. The fourth-order valence-electron chi connectivity index (χ4n) is 1.73. The van der Waals surface area contributed by atoms with Gasteiger partial charge in [-0.1, -0.05) is 29.8 Å². The normalized spacial score (nSPS) is 16.6. The van der Waals surface area contributed by atoms with Gasteiger partial charge >= 0.3 is 0 Å². The quantitative estimate of drug-likeness (QED) is 0.814. The zero-order chi connectivity index (χ0) is 12.3. The number of hydrogen-bond donors (Lipinski definition) is 2. The molecule has 1 fully saturated rings. The van der Waals surface area contributed by atoms with Crippen LogP contribution in [0.1, 0.15) is 36.9 Å². The summed E-state index contributed by atoms with van der Waals surface area (Å²) in [4.78, 5) is 11.5. The van der Waals surface area contributed by atoms with Gasteiger partial charge in [0, 0.05) is 12.1 Å². The molecule has 17 heavy (non-hydrogen) atoms. The highest BCUT2D eigenvalue weighted by molar-refractivity contribution is 5.78. The summed E-state index contributed by atoms with van der Waals surface area (Å²) in [5.41, 5.74) is 2.47. The van der Waals surface area contributed by atoms with Gasteiger partial charge in [0.15, 0.2) is 0 Å². The van der Waals surface area contributed by atoms with E-state index < -0.39 is 0 Å². The van der Waals surface area contributed by atoms with E-state index in [0.29, 0.717) is 12.6 Å². The average molecular weight is 232 g/mol. The van der Waals surface area contributed by atoms with Gasteiger partial charge < -0.3 is 10.6 Å². The van der Waals surface area contributed by atoms with Crippen LogP contribution in [0, 0.1) is 6.92 Å². The molecule has 0 unspecified atom stereocenters. The first kappa shape index (κ1) is 12.1. The lowest BCUT2D eigenvalue weighted by Crippen LogP contribution is -2.36. The molecule has 1 atom stereocenters. The Morgan fingerprint density at radius 2 is 2.00 bits per heavy atom. The summed E-state index contributed by atoms with van der Waals surface area (Å²) < 4.78 is 0. The molecule has 1 aromatic rings. The lowest BCUT2D eigenvalue weighted by Gasteiger charge is -2.14. The molecule has 0 bridgehead atoms. The summed E-state index contributed by atoms with van der Waals surface area (Å²) in [7, 11) is 0. The molecule has 1 aromatic carbocycles. The molecular formula is C14H20N2O. The second kappa shape index (κ2) is 5.32. The van der Waals surface area contributed by atoms with Gasteiger partial charge in [0.2, 0.25) is 5.91 Å². The zero-order valence-corrected chi connectivity index (χ0v) is 10.5. The molecule has 2 rings (SSSR count). The topological polar surface area (TPSA) is 41.1 Å². The second-order valence-electron chi connectivity index (χ2n) is 4.86. The van der Waals surface area contributed by atoms with E-state index in [1.807, 2.05) is 0 Å². The van der Waals surface area contributed by atoms with E-state index in [-0.39, 0.29) is 11.9 Å². The predicted molar refractivity (Wildman–Crippen MR) is 68.8 cm³/mol. The highest BCUT2D eigenvalue weighted by Crippen LogP contribution is 2.18. The molecule has 0 heterocycles. The second-order valence-corrected chi connectivity index (χ2v) is 4.86. The van der Waals surface area contributed by atoms with Crippen molar-refractivity contribution in [1.29, 1.82) is 0 Å². The van der Waals surface area contributed by atoms with Crippen molar-refractivity contribution in [3.8, 4) is 0 Å². The molecule has 2 N–H and O–H groups in total. The molecule has 1 saturated carbocycles. The van der Waals surface area contributed by atoms with E-state index in [2.05, 4.69) is 48.7 Å². The first-order chi connectivity index (χ1) is 8.15. The van der Waals surface area contributed by atoms with Crippen molar-refractivity contribution < 1.29 is 4.79 Å². The minimum absolute atomic E-state index is 0.103. The fraction of sp³-hybridized carbons (Fsp3) is 0.500. The molecule has 1 aliphatic rings. The molecule has 0 aliphatic heterocycles. The number of rotatable bonds is 5. The van der Waals surface area contributed by atoms with Gasteiger partial charge in [-0.15, -0.1) is 0 Å². The van der Waals surface area contributed by atoms with Crippen molar-refractivity contribution in [2.45, 2.75) is 38.8 Å². The van der Waals surface area contributed by atoms with E-state index in [4.69, 9.17) is 0 Å². The Hall–Kier alpha value is -1.35. The Balaban J connectivity index is 1.77. The van der Waals surface area contributed by atoms with E-state index in [0.717, 1.165) is 12.8 Å². The Morgan fingerprint density at radius 1 is 1.35 bits per heavy atom. The summed E-state index contributed by atoms with van der Waals surface area (Å²) >= 11 is 0. The zero-order valence-electron chi connectivity index (χ0n) is 10.5. The van der Waals surface area contributed by atoms with Gasteiger partial charge in [-0.05, 0) is 32.3 Å². The van der Waals surface area contributed by atoms with Crippen LogP contribution >= 0.6 is 0 Å². The molecule has 3 nitrogen and oxygen atoms in total. The molecule has 0 saturated heterocycles. The molecule has 0 aromatic heterocycles. The number of carbonyl (C=O) groups excluding carboxylic acids is 1. The number of carbonyl (C=O) groups is 1. The van der Waals surface area contributed by atoms with Crippen LogP contribution in [0.15, 0.2) is 24.3 Å². The number of aryl methyl sites for hydroxylation is 1. The van der Waals surface area contributed by atoms with Crippen molar-refractivity contribution in [3.05, 3.63) is 35.4 Å². The first-order valence-electron chi connectivity index (χ1n) is 6.24. The van der Waals surface area contributed by atoms with Crippen LogP contribution in [-0.2, 0) is 4.79 Å². The van der Waals surface area contributed by atoms with Crippen molar-refractivity contribution in [1.82, 2.24) is 10.6 Å². The summed E-state index contributed by atoms with van der Waals surface area (Å²) in [6.07, 6.45) is 2.28. The minimum Gasteiger partial charge on any atom is -0.352 e. The van der Waals surface area contributed by atoms with Crippen LogP contribution in [0.3, 0.4) is 0 Å². The fourth-order valence-corrected chi connectivity index (χ4v) is 1.73. The van der Waals surface area contributed by atoms with Crippen molar-refractivity contribution in [3.63, 3.8) is 0 Å². The van der Waals surface area contributed by atoms with Crippen LogP contribution in [0.4, 0.5) is 0 Å². The van der Waals surface area contributed by atoms with E-state index in [9.17, 15) is 4.79 Å². The lowest BCUT2D eigenvalue weighted by molar-refractivity contribution is -0.120. The maximum atomic E-state index is 11.5. The monoisotopic (exact) mass is 232 g/mol. The lowest BCUT2D eigenvalue weighted by atomic mass is 10.1. The van der Waals surface area contributed by atoms with Gasteiger partial charge in [-0.25, -0.2) is 0 Å². The van der Waals surface area contributed by atoms with Crippen molar-refractivity contribution in [2.24, 2.45) is 0 Å². The molecule has 1 aliphatic carbocycles. The number of amides is 1. The van der Waals surface area contributed by atoms with E-state index in [1.54, 1.807) is 0 Å². The average Bonchev–Trinajstić information content (AvgIpc) is 3.11. The Bertz CT molecular complexity index is 382. The number of nitrogens with one attached hydrogen (secondary N) is 2. The highest BCUT2D eigenvalue weighted by atomic mass is 16.2. The third-order valence-corrected chi connectivity index (χ3v) is 3.09. The Kier molecular flexibility index (Phi) is 3.79. The third-order valence-electron chi connectivity index (χ3n) is 3.09. The van der Waals surface area contributed by atoms with Gasteiger partial charge in [0.25, 0.3) is 0 Å².